The van der Waals surface area contributed by atoms with E-state index in [4.69, 9.17) is 0 Å². The van der Waals surface area contributed by atoms with Gasteiger partial charge in [-0.2, -0.15) is 0 Å². The van der Waals surface area contributed by atoms with Crippen LogP contribution in [0, 0.1) is 0 Å². The lowest BCUT2D eigenvalue weighted by Crippen LogP contribution is -2.07. The standard InChI is InChI=1S/C8H12O3/c1-3-5-7(9)6-8(10)11-4-2/h4H,2-3,5-6H2,1H3. The molecule has 0 aliphatic rings. The minimum absolute atomic E-state index is 0.0839. The second kappa shape index (κ2) is 5.65. The molecule has 0 aliphatic carbocycles. The molecular weight excluding hydrogens is 144 g/mol. The van der Waals surface area contributed by atoms with Crippen LogP contribution in [0.2, 0.25) is 0 Å². The number of Topliss-reactive ketones (excluding diaryl/α,β-unsaturated/α-hetero) is 1. The van der Waals surface area contributed by atoms with Gasteiger partial charge in [-0.3, -0.25) is 9.59 Å². The monoisotopic (exact) mass is 156 g/mol. The van der Waals surface area contributed by atoms with Gasteiger partial charge in [-0.1, -0.05) is 13.5 Å². The van der Waals surface area contributed by atoms with Gasteiger partial charge in [-0.05, 0) is 6.42 Å². The maximum absolute atomic E-state index is 10.8. The van der Waals surface area contributed by atoms with Crippen LogP contribution in [0.4, 0.5) is 0 Å². The maximum Gasteiger partial charge on any atom is 0.318 e. The Kier molecular flexibility index (Phi) is 5.07. The molecule has 0 aromatic carbocycles. The molecule has 0 amide bonds. The molecule has 0 rings (SSSR count). The first kappa shape index (κ1) is 9.88. The van der Waals surface area contributed by atoms with Crippen LogP contribution < -0.4 is 0 Å². The largest absolute Gasteiger partial charge is 0.435 e. The molecule has 0 radical (unpaired) electrons. The lowest BCUT2D eigenvalue weighted by atomic mass is 10.2. The van der Waals surface area contributed by atoms with Crippen LogP contribution in [0.15, 0.2) is 12.8 Å². The molecular formula is C8H12O3. The van der Waals surface area contributed by atoms with E-state index in [1.807, 2.05) is 6.92 Å². The summed E-state index contributed by atoms with van der Waals surface area (Å²) in [5.74, 6) is -0.613. The van der Waals surface area contributed by atoms with Crippen LogP contribution in [0.1, 0.15) is 26.2 Å². The second-order valence-corrected chi connectivity index (χ2v) is 2.12. The molecule has 0 aromatic rings. The topological polar surface area (TPSA) is 43.4 Å². The molecule has 0 spiro atoms. The first-order valence-electron chi connectivity index (χ1n) is 3.52. The third-order valence-corrected chi connectivity index (χ3v) is 1.09. The van der Waals surface area contributed by atoms with Crippen molar-refractivity contribution in [1.29, 1.82) is 0 Å². The molecule has 0 aliphatic heterocycles. The van der Waals surface area contributed by atoms with Crippen molar-refractivity contribution in [3.8, 4) is 0 Å². The van der Waals surface area contributed by atoms with E-state index in [0.29, 0.717) is 6.42 Å². The van der Waals surface area contributed by atoms with Gasteiger partial charge in [0.1, 0.15) is 12.2 Å². The summed E-state index contributed by atoms with van der Waals surface area (Å²) in [5, 5.41) is 0. The lowest BCUT2D eigenvalue weighted by molar-refractivity contribution is -0.141. The van der Waals surface area contributed by atoms with Gasteiger partial charge in [0.2, 0.25) is 0 Å². The van der Waals surface area contributed by atoms with Gasteiger partial charge in [0.05, 0.1) is 6.26 Å². The van der Waals surface area contributed by atoms with Crippen LogP contribution in [-0.4, -0.2) is 11.8 Å². The summed E-state index contributed by atoms with van der Waals surface area (Å²) in [5.41, 5.74) is 0. The summed E-state index contributed by atoms with van der Waals surface area (Å²) in [7, 11) is 0. The molecule has 0 N–H and O–H groups in total. The Bertz CT molecular complexity index is 161. The highest BCUT2D eigenvalue weighted by Gasteiger charge is 2.07. The predicted octanol–water partition coefficient (Wildman–Crippen LogP) is 1.43. The molecule has 0 aromatic heterocycles. The van der Waals surface area contributed by atoms with Gasteiger partial charge in [0.25, 0.3) is 0 Å². The first-order valence-corrected chi connectivity index (χ1v) is 3.52. The summed E-state index contributed by atoms with van der Waals surface area (Å²) in [4.78, 5) is 21.4. The average Bonchev–Trinajstić information content (AvgIpc) is 1.87. The number of ketones is 1. The normalized spacial score (nSPS) is 8.82. The molecule has 0 saturated heterocycles. The molecule has 0 unspecified atom stereocenters. The summed E-state index contributed by atoms with van der Waals surface area (Å²) >= 11 is 0. The van der Waals surface area contributed by atoms with E-state index in [1.165, 1.54) is 0 Å². The van der Waals surface area contributed by atoms with E-state index in [2.05, 4.69) is 11.3 Å². The minimum atomic E-state index is -0.529. The summed E-state index contributed by atoms with van der Waals surface area (Å²) < 4.78 is 4.36. The van der Waals surface area contributed by atoms with Crippen molar-refractivity contribution in [1.82, 2.24) is 0 Å². The fraction of sp³-hybridized carbons (Fsp3) is 0.500. The number of hydrogen-bond donors (Lipinski definition) is 0. The van der Waals surface area contributed by atoms with Gasteiger partial charge in [0.15, 0.2) is 0 Å². The highest BCUT2D eigenvalue weighted by atomic mass is 16.5. The smallest absolute Gasteiger partial charge is 0.318 e. The average molecular weight is 156 g/mol. The fourth-order valence-corrected chi connectivity index (χ4v) is 0.663. The van der Waals surface area contributed by atoms with Crippen LogP contribution in [0.5, 0.6) is 0 Å². The van der Waals surface area contributed by atoms with Gasteiger partial charge in [0, 0.05) is 6.42 Å². The highest BCUT2D eigenvalue weighted by molar-refractivity contribution is 5.95. The molecule has 3 nitrogen and oxygen atoms in total. The van der Waals surface area contributed by atoms with E-state index in [-0.39, 0.29) is 12.2 Å². The Balaban J connectivity index is 3.57. The maximum atomic E-state index is 10.8. The number of esters is 1. The molecule has 62 valence electrons. The Hall–Kier alpha value is -1.12. The number of ether oxygens (including phenoxy) is 1. The third kappa shape index (κ3) is 5.33. The molecule has 0 bridgehead atoms. The van der Waals surface area contributed by atoms with E-state index in [9.17, 15) is 9.59 Å². The van der Waals surface area contributed by atoms with Crippen molar-refractivity contribution in [2.45, 2.75) is 26.2 Å². The number of hydrogen-bond acceptors (Lipinski definition) is 3. The Morgan fingerprint density at radius 2 is 2.18 bits per heavy atom. The SMILES string of the molecule is C=COC(=O)CC(=O)CCC. The van der Waals surface area contributed by atoms with Crippen molar-refractivity contribution in [3.05, 3.63) is 12.8 Å². The van der Waals surface area contributed by atoms with E-state index in [1.54, 1.807) is 0 Å². The summed E-state index contributed by atoms with van der Waals surface area (Å²) in [6.07, 6.45) is 2.09. The van der Waals surface area contributed by atoms with Gasteiger partial charge >= 0.3 is 5.97 Å². The molecule has 0 saturated carbocycles. The fourth-order valence-electron chi connectivity index (χ4n) is 0.663. The minimum Gasteiger partial charge on any atom is -0.435 e. The molecule has 0 atom stereocenters. The van der Waals surface area contributed by atoms with Gasteiger partial charge < -0.3 is 4.74 Å². The molecule has 3 heteroatoms. The predicted molar refractivity (Wildman–Crippen MR) is 40.8 cm³/mol. The van der Waals surface area contributed by atoms with E-state index < -0.39 is 5.97 Å². The van der Waals surface area contributed by atoms with Crippen LogP contribution in [0.25, 0.3) is 0 Å². The zero-order valence-electron chi connectivity index (χ0n) is 6.63. The number of carbonyl (C=O) groups excluding carboxylic acids is 2. The van der Waals surface area contributed by atoms with Crippen molar-refractivity contribution >= 4 is 11.8 Å². The molecule has 0 fully saturated rings. The Morgan fingerprint density at radius 1 is 1.55 bits per heavy atom. The second-order valence-electron chi connectivity index (χ2n) is 2.12. The van der Waals surface area contributed by atoms with Crippen molar-refractivity contribution in [2.24, 2.45) is 0 Å². The van der Waals surface area contributed by atoms with Crippen molar-refractivity contribution in [3.63, 3.8) is 0 Å². The zero-order valence-corrected chi connectivity index (χ0v) is 6.63. The third-order valence-electron chi connectivity index (χ3n) is 1.09. The van der Waals surface area contributed by atoms with Crippen molar-refractivity contribution in [2.75, 3.05) is 0 Å². The van der Waals surface area contributed by atoms with Crippen LogP contribution in [-0.2, 0) is 14.3 Å². The Morgan fingerprint density at radius 3 is 2.64 bits per heavy atom. The summed E-state index contributed by atoms with van der Waals surface area (Å²) in [6, 6.07) is 0. The number of rotatable bonds is 5. The molecule has 0 heterocycles. The van der Waals surface area contributed by atoms with Gasteiger partial charge in [-0.15, -0.1) is 0 Å². The van der Waals surface area contributed by atoms with Crippen LogP contribution >= 0.6 is 0 Å². The van der Waals surface area contributed by atoms with Gasteiger partial charge in [-0.25, -0.2) is 0 Å². The van der Waals surface area contributed by atoms with E-state index >= 15 is 0 Å². The molecule has 11 heavy (non-hydrogen) atoms. The quantitative estimate of drug-likeness (QED) is 0.343. The number of carbonyl (C=O) groups is 2. The highest BCUT2D eigenvalue weighted by Crippen LogP contribution is 1.95. The Labute approximate surface area is 66.0 Å². The van der Waals surface area contributed by atoms with E-state index in [0.717, 1.165) is 12.7 Å². The van der Waals surface area contributed by atoms with Crippen molar-refractivity contribution < 1.29 is 14.3 Å². The zero-order chi connectivity index (χ0) is 8.69. The first-order chi connectivity index (χ1) is 5.20. The van der Waals surface area contributed by atoms with Crippen LogP contribution in [0.3, 0.4) is 0 Å². The lowest BCUT2D eigenvalue weighted by Gasteiger charge is -1.96. The summed E-state index contributed by atoms with van der Waals surface area (Å²) in [6.45, 7) is 5.09.